The Kier molecular flexibility index (Phi) is 6.68. The average molecular weight is 466 g/mol. The maximum absolute atomic E-state index is 12.7. The van der Waals surface area contributed by atoms with E-state index in [1.54, 1.807) is 4.90 Å². The first-order valence-electron chi connectivity index (χ1n) is 9.36. The highest BCUT2D eigenvalue weighted by molar-refractivity contribution is 6.33. The van der Waals surface area contributed by atoms with E-state index in [-0.39, 0.29) is 29.2 Å². The predicted octanol–water partition coefficient (Wildman–Crippen LogP) is 5.31. The predicted molar refractivity (Wildman–Crippen MR) is 102 cm³/mol. The molecule has 1 amide bonds. The van der Waals surface area contributed by atoms with Crippen LogP contribution < -0.4 is 10.2 Å². The van der Waals surface area contributed by atoms with Gasteiger partial charge in [0.2, 0.25) is 5.91 Å². The Morgan fingerprint density at radius 1 is 1.03 bits per heavy atom. The van der Waals surface area contributed by atoms with Gasteiger partial charge in [-0.25, -0.2) is 4.98 Å². The Balaban J connectivity index is 1.52. The van der Waals surface area contributed by atoms with Crippen LogP contribution in [0.3, 0.4) is 0 Å². The molecule has 1 aromatic heterocycles. The first kappa shape index (κ1) is 23.2. The Labute approximate surface area is 179 Å². The lowest BCUT2D eigenvalue weighted by atomic mass is 9.95. The molecule has 2 aromatic rings. The number of nitrogens with zero attached hydrogens (tertiary/aromatic N) is 2. The Hall–Kier alpha value is -2.49. The van der Waals surface area contributed by atoms with E-state index in [9.17, 15) is 31.1 Å². The number of nitrogens with one attached hydrogen (secondary N) is 1. The van der Waals surface area contributed by atoms with Gasteiger partial charge in [0.25, 0.3) is 0 Å². The van der Waals surface area contributed by atoms with Gasteiger partial charge < -0.3 is 10.2 Å². The number of hydrogen-bond acceptors (Lipinski definition) is 3. The van der Waals surface area contributed by atoms with Gasteiger partial charge in [-0.3, -0.25) is 4.79 Å². The molecule has 2 heterocycles. The average Bonchev–Trinajstić information content (AvgIpc) is 2.71. The van der Waals surface area contributed by atoms with Crippen molar-refractivity contribution in [2.24, 2.45) is 5.92 Å². The number of rotatable bonds is 4. The lowest BCUT2D eigenvalue weighted by Gasteiger charge is -2.32. The number of aromatic nitrogens is 1. The topological polar surface area (TPSA) is 45.2 Å². The Morgan fingerprint density at radius 3 is 2.13 bits per heavy atom. The zero-order valence-corrected chi connectivity index (χ0v) is 16.8. The van der Waals surface area contributed by atoms with E-state index < -0.39 is 23.5 Å². The van der Waals surface area contributed by atoms with Crippen molar-refractivity contribution in [1.29, 1.82) is 0 Å². The van der Waals surface area contributed by atoms with Crippen LogP contribution in [0.2, 0.25) is 5.02 Å². The number of halogens is 7. The molecule has 0 radical (unpaired) electrons. The van der Waals surface area contributed by atoms with Crippen molar-refractivity contribution in [2.45, 2.75) is 31.7 Å². The minimum atomic E-state index is -4.53. The maximum atomic E-state index is 12.7. The van der Waals surface area contributed by atoms with Gasteiger partial charge in [-0.05, 0) is 36.6 Å². The molecule has 0 aliphatic carbocycles. The highest BCUT2D eigenvalue weighted by Crippen LogP contribution is 2.34. The second-order valence-electron chi connectivity index (χ2n) is 7.20. The lowest BCUT2D eigenvalue weighted by Crippen LogP contribution is -2.40. The fraction of sp³-hybridized carbons (Fsp3) is 0.400. The van der Waals surface area contributed by atoms with Gasteiger partial charge in [-0.1, -0.05) is 23.7 Å². The normalized spacial score (nSPS) is 15.8. The molecule has 1 aromatic carbocycles. The van der Waals surface area contributed by atoms with Gasteiger partial charge in [-0.15, -0.1) is 0 Å². The van der Waals surface area contributed by atoms with Crippen molar-refractivity contribution in [2.75, 3.05) is 18.0 Å². The highest BCUT2D eigenvalue weighted by Gasteiger charge is 2.33. The van der Waals surface area contributed by atoms with Crippen LogP contribution in [0.15, 0.2) is 36.5 Å². The summed E-state index contributed by atoms with van der Waals surface area (Å²) in [7, 11) is 0. The number of alkyl halides is 6. The lowest BCUT2D eigenvalue weighted by molar-refractivity contribution is -0.138. The molecule has 11 heteroatoms. The van der Waals surface area contributed by atoms with Crippen LogP contribution in [0.1, 0.15) is 29.5 Å². The van der Waals surface area contributed by atoms with Crippen molar-refractivity contribution < 1.29 is 31.1 Å². The molecular weight excluding hydrogens is 448 g/mol. The molecule has 168 valence electrons. The number of anilines is 1. The van der Waals surface area contributed by atoms with Crippen molar-refractivity contribution in [3.8, 4) is 0 Å². The van der Waals surface area contributed by atoms with E-state index in [4.69, 9.17) is 11.6 Å². The van der Waals surface area contributed by atoms with Crippen molar-refractivity contribution in [3.05, 3.63) is 58.2 Å². The zero-order chi connectivity index (χ0) is 22.8. The number of piperidine rings is 1. The number of pyridine rings is 1. The Bertz CT molecular complexity index is 922. The number of hydrogen-bond donors (Lipinski definition) is 1. The summed E-state index contributed by atoms with van der Waals surface area (Å²) in [5.41, 5.74) is -1.15. The van der Waals surface area contributed by atoms with Crippen LogP contribution in [0.25, 0.3) is 0 Å². The third-order valence-electron chi connectivity index (χ3n) is 5.06. The minimum Gasteiger partial charge on any atom is -0.355 e. The van der Waals surface area contributed by atoms with Gasteiger partial charge in [0, 0.05) is 31.7 Å². The maximum Gasteiger partial charge on any atom is 0.417 e. The van der Waals surface area contributed by atoms with Gasteiger partial charge in [0.15, 0.2) is 0 Å². The molecule has 0 spiro atoms. The molecule has 0 saturated carbocycles. The molecule has 3 rings (SSSR count). The number of carbonyl (C=O) groups is 1. The monoisotopic (exact) mass is 465 g/mol. The van der Waals surface area contributed by atoms with Gasteiger partial charge in [-0.2, -0.15) is 26.3 Å². The highest BCUT2D eigenvalue weighted by atomic mass is 35.5. The number of amides is 1. The number of benzene rings is 1. The second-order valence-corrected chi connectivity index (χ2v) is 7.61. The molecular formula is C20H18ClF6N3O. The summed E-state index contributed by atoms with van der Waals surface area (Å²) < 4.78 is 76.0. The molecule has 0 unspecified atom stereocenters. The molecule has 1 saturated heterocycles. The van der Waals surface area contributed by atoms with E-state index in [0.717, 1.165) is 24.4 Å². The van der Waals surface area contributed by atoms with E-state index in [1.165, 1.54) is 12.1 Å². The third kappa shape index (κ3) is 5.81. The molecule has 31 heavy (non-hydrogen) atoms. The first-order valence-corrected chi connectivity index (χ1v) is 9.74. The molecule has 0 bridgehead atoms. The summed E-state index contributed by atoms with van der Waals surface area (Å²) in [6, 6.07) is 5.36. The van der Waals surface area contributed by atoms with Crippen LogP contribution in [-0.4, -0.2) is 24.0 Å². The van der Waals surface area contributed by atoms with Gasteiger partial charge in [0.05, 0.1) is 16.1 Å². The first-order chi connectivity index (χ1) is 14.4. The van der Waals surface area contributed by atoms with E-state index >= 15 is 0 Å². The second kappa shape index (κ2) is 8.94. The van der Waals surface area contributed by atoms with Gasteiger partial charge in [0.1, 0.15) is 5.82 Å². The summed E-state index contributed by atoms with van der Waals surface area (Å²) in [5, 5.41) is 2.60. The van der Waals surface area contributed by atoms with Crippen LogP contribution in [0, 0.1) is 5.92 Å². The minimum absolute atomic E-state index is 0.101. The van der Waals surface area contributed by atoms with Crippen molar-refractivity contribution in [3.63, 3.8) is 0 Å². The summed E-state index contributed by atoms with van der Waals surface area (Å²) in [4.78, 5) is 17.9. The van der Waals surface area contributed by atoms with Crippen LogP contribution in [-0.2, 0) is 23.7 Å². The molecule has 1 N–H and O–H groups in total. The van der Waals surface area contributed by atoms with Crippen LogP contribution in [0.5, 0.6) is 0 Å². The van der Waals surface area contributed by atoms with Gasteiger partial charge >= 0.3 is 12.4 Å². The quantitative estimate of drug-likeness (QED) is 0.623. The van der Waals surface area contributed by atoms with E-state index in [1.807, 2.05) is 0 Å². The largest absolute Gasteiger partial charge is 0.417 e. The van der Waals surface area contributed by atoms with Crippen molar-refractivity contribution in [1.82, 2.24) is 10.3 Å². The number of carbonyl (C=O) groups excluding carboxylic acids is 1. The zero-order valence-electron chi connectivity index (χ0n) is 16.0. The summed E-state index contributed by atoms with van der Waals surface area (Å²) in [5.74, 6) is -0.316. The van der Waals surface area contributed by atoms with E-state index in [2.05, 4.69) is 10.3 Å². The van der Waals surface area contributed by atoms with Crippen LogP contribution >= 0.6 is 11.6 Å². The van der Waals surface area contributed by atoms with Crippen molar-refractivity contribution >= 4 is 23.3 Å². The molecule has 1 aliphatic heterocycles. The summed E-state index contributed by atoms with van der Waals surface area (Å²) in [6.45, 7) is 0.871. The fourth-order valence-electron chi connectivity index (χ4n) is 3.32. The fourth-order valence-corrected chi connectivity index (χ4v) is 3.60. The third-order valence-corrected chi connectivity index (χ3v) is 5.34. The van der Waals surface area contributed by atoms with E-state index in [0.29, 0.717) is 31.5 Å². The molecule has 1 fully saturated rings. The van der Waals surface area contributed by atoms with Crippen LogP contribution in [0.4, 0.5) is 32.2 Å². The molecule has 4 nitrogen and oxygen atoms in total. The smallest absolute Gasteiger partial charge is 0.355 e. The molecule has 1 aliphatic rings. The summed E-state index contributed by atoms with van der Waals surface area (Å²) >= 11 is 5.97. The SMILES string of the molecule is O=C(NCc1ccc(C(F)(F)F)cc1)C1CCN(c2ncc(C(F)(F)F)cc2Cl)CC1. The summed E-state index contributed by atoms with van der Waals surface area (Å²) in [6.07, 6.45) is -7.34. The standard InChI is InChI=1S/C20H18ClF6N3O/c21-16-9-15(20(25,26)27)11-28-17(16)30-7-5-13(6-8-30)18(31)29-10-12-1-3-14(4-2-12)19(22,23)24/h1-4,9,11,13H,5-8,10H2,(H,29,31). The Morgan fingerprint density at radius 2 is 1.61 bits per heavy atom. The molecule has 0 atom stereocenters.